The summed E-state index contributed by atoms with van der Waals surface area (Å²) in [5.74, 6) is -0.383. The van der Waals surface area contributed by atoms with Crippen molar-refractivity contribution < 1.29 is 18.0 Å². The Kier molecular flexibility index (Phi) is 7.30. The lowest BCUT2D eigenvalue weighted by atomic mass is 9.93. The molecular weight excluding hydrogens is 401 g/mol. The van der Waals surface area contributed by atoms with Gasteiger partial charge in [-0.3, -0.25) is 10.2 Å². The highest BCUT2D eigenvalue weighted by Gasteiger charge is 2.51. The first-order chi connectivity index (χ1) is 14.6. The van der Waals surface area contributed by atoms with Gasteiger partial charge < -0.3 is 0 Å². The van der Waals surface area contributed by atoms with Crippen LogP contribution in [0.25, 0.3) is 10.8 Å². The Bertz CT molecular complexity index is 907. The second kappa shape index (κ2) is 9.60. The summed E-state index contributed by atoms with van der Waals surface area (Å²) >= 11 is 0. The number of hydrogen-bond acceptors (Lipinski definition) is 2. The van der Waals surface area contributed by atoms with Crippen LogP contribution in [0.15, 0.2) is 36.4 Å². The van der Waals surface area contributed by atoms with Gasteiger partial charge in [-0.15, -0.1) is 0 Å². The normalized spacial score (nSPS) is 17.8. The minimum Gasteiger partial charge on any atom is -0.287 e. The van der Waals surface area contributed by atoms with Crippen LogP contribution in [0, 0.1) is 5.41 Å². The number of carbonyl (C=O) groups excluding carboxylic acids is 1. The van der Waals surface area contributed by atoms with E-state index in [1.807, 2.05) is 18.2 Å². The molecule has 6 heteroatoms. The van der Waals surface area contributed by atoms with Crippen LogP contribution in [0.1, 0.15) is 76.5 Å². The van der Waals surface area contributed by atoms with E-state index in [-0.39, 0.29) is 18.0 Å². The van der Waals surface area contributed by atoms with Crippen LogP contribution in [0.3, 0.4) is 0 Å². The number of amides is 1. The molecule has 0 bridgehead atoms. The van der Waals surface area contributed by atoms with Crippen molar-refractivity contribution in [2.75, 3.05) is 6.54 Å². The zero-order chi connectivity index (χ0) is 22.6. The Morgan fingerprint density at radius 1 is 1.06 bits per heavy atom. The van der Waals surface area contributed by atoms with Crippen molar-refractivity contribution in [2.24, 2.45) is 5.41 Å². The summed E-state index contributed by atoms with van der Waals surface area (Å²) in [6, 6.07) is 9.01. The molecule has 31 heavy (non-hydrogen) atoms. The Morgan fingerprint density at radius 2 is 1.77 bits per heavy atom. The van der Waals surface area contributed by atoms with E-state index in [0.29, 0.717) is 0 Å². The number of alkyl halides is 3. The van der Waals surface area contributed by atoms with Crippen molar-refractivity contribution in [1.29, 1.82) is 0 Å². The van der Waals surface area contributed by atoms with Gasteiger partial charge in [-0.05, 0) is 54.7 Å². The average molecular weight is 435 g/mol. The molecule has 1 fully saturated rings. The number of carbonyl (C=O) groups is 1. The molecule has 1 aliphatic rings. The van der Waals surface area contributed by atoms with E-state index in [0.717, 1.165) is 40.6 Å². The molecule has 1 N–H and O–H groups in total. The number of nitrogens with zero attached hydrogens (tertiary/aromatic N) is 1. The molecule has 3 rings (SSSR count). The first kappa shape index (κ1) is 23.6. The third kappa shape index (κ3) is 5.59. The molecule has 3 nitrogen and oxygen atoms in total. The van der Waals surface area contributed by atoms with Crippen molar-refractivity contribution in [3.8, 4) is 0 Å². The van der Waals surface area contributed by atoms with Crippen LogP contribution < -0.4 is 5.43 Å². The summed E-state index contributed by atoms with van der Waals surface area (Å²) in [5, 5.41) is 2.85. The number of unbranched alkanes of at least 4 members (excludes halogenated alkanes) is 5. The summed E-state index contributed by atoms with van der Waals surface area (Å²) in [6.45, 7) is 5.52. The number of halogens is 3. The van der Waals surface area contributed by atoms with Gasteiger partial charge >= 0.3 is 6.18 Å². The number of hydrazine groups is 1. The zero-order valence-corrected chi connectivity index (χ0v) is 18.7. The number of aryl methyl sites for hydroxylation is 1. The third-order valence-electron chi connectivity index (χ3n) is 6.16. The van der Waals surface area contributed by atoms with E-state index < -0.39 is 17.6 Å². The molecule has 1 saturated heterocycles. The van der Waals surface area contributed by atoms with Crippen molar-refractivity contribution in [1.82, 2.24) is 10.4 Å². The van der Waals surface area contributed by atoms with Gasteiger partial charge in [-0.1, -0.05) is 69.4 Å². The summed E-state index contributed by atoms with van der Waals surface area (Å²) in [5.41, 5.74) is 2.83. The number of nitrogens with one attached hydrogen (secondary N) is 1. The third-order valence-corrected chi connectivity index (χ3v) is 6.16. The average Bonchev–Trinajstić information content (AvgIpc) is 2.95. The van der Waals surface area contributed by atoms with Crippen molar-refractivity contribution in [3.63, 3.8) is 0 Å². The van der Waals surface area contributed by atoms with Crippen LogP contribution in [-0.4, -0.2) is 23.6 Å². The van der Waals surface area contributed by atoms with E-state index in [1.165, 1.54) is 31.7 Å². The molecule has 170 valence electrons. The first-order valence-corrected chi connectivity index (χ1v) is 11.3. The van der Waals surface area contributed by atoms with E-state index >= 15 is 0 Å². The van der Waals surface area contributed by atoms with E-state index in [4.69, 9.17) is 0 Å². The highest BCUT2D eigenvalue weighted by Crippen LogP contribution is 2.41. The van der Waals surface area contributed by atoms with E-state index in [1.54, 1.807) is 26.0 Å². The Balaban J connectivity index is 1.86. The second-order valence-corrected chi connectivity index (χ2v) is 9.31. The van der Waals surface area contributed by atoms with Crippen LogP contribution in [0.4, 0.5) is 13.2 Å². The molecule has 1 heterocycles. The summed E-state index contributed by atoms with van der Waals surface area (Å²) in [4.78, 5) is 12.1. The zero-order valence-electron chi connectivity index (χ0n) is 18.7. The smallest absolute Gasteiger partial charge is 0.287 e. The lowest BCUT2D eigenvalue weighted by molar-refractivity contribution is -0.191. The quantitative estimate of drug-likeness (QED) is 0.444. The van der Waals surface area contributed by atoms with Gasteiger partial charge in [0.1, 0.15) is 6.04 Å². The number of hydrogen-bond donors (Lipinski definition) is 1. The summed E-state index contributed by atoms with van der Waals surface area (Å²) in [6.07, 6.45) is 3.42. The van der Waals surface area contributed by atoms with Crippen molar-refractivity contribution in [3.05, 3.63) is 47.5 Å². The van der Waals surface area contributed by atoms with Crippen LogP contribution in [0.5, 0.6) is 0 Å². The summed E-state index contributed by atoms with van der Waals surface area (Å²) < 4.78 is 42.3. The van der Waals surface area contributed by atoms with Gasteiger partial charge in [0.05, 0.1) is 5.41 Å². The van der Waals surface area contributed by atoms with Crippen LogP contribution >= 0.6 is 0 Å². The Hall–Kier alpha value is -2.08. The molecule has 1 unspecified atom stereocenters. The van der Waals surface area contributed by atoms with Crippen molar-refractivity contribution in [2.45, 2.75) is 77.9 Å². The summed E-state index contributed by atoms with van der Waals surface area (Å²) in [7, 11) is 0. The second-order valence-electron chi connectivity index (χ2n) is 9.31. The van der Waals surface area contributed by atoms with Gasteiger partial charge in [0, 0.05) is 6.54 Å². The van der Waals surface area contributed by atoms with Crippen LogP contribution in [-0.2, 0) is 11.2 Å². The topological polar surface area (TPSA) is 32.3 Å². The molecule has 1 amide bonds. The molecular formula is C25H33F3N2O. The van der Waals surface area contributed by atoms with Gasteiger partial charge in [-0.25, -0.2) is 5.01 Å². The maximum absolute atomic E-state index is 14.1. The number of benzene rings is 2. The number of rotatable bonds is 9. The molecule has 0 aliphatic carbocycles. The standard InChI is InChI=1S/C25H33F3N2O/c1-4-5-6-7-8-9-11-18-12-10-13-19-14-15-20(16-21(18)19)22(25(26,27)28)30-17-24(2,3)23(31)29-30/h10,12-16,22H,4-9,11,17H2,1-3H3,(H,29,31). The predicted molar refractivity (Wildman–Crippen MR) is 118 cm³/mol. The maximum atomic E-state index is 14.1. The molecule has 2 aromatic carbocycles. The van der Waals surface area contributed by atoms with E-state index in [9.17, 15) is 18.0 Å². The number of fused-ring (bicyclic) bond motifs is 1. The largest absolute Gasteiger partial charge is 0.409 e. The van der Waals surface area contributed by atoms with Crippen LogP contribution in [0.2, 0.25) is 0 Å². The van der Waals surface area contributed by atoms with Gasteiger partial charge in [-0.2, -0.15) is 13.2 Å². The highest BCUT2D eigenvalue weighted by molar-refractivity contribution is 5.87. The molecule has 0 saturated carbocycles. The lowest BCUT2D eigenvalue weighted by Gasteiger charge is -2.30. The predicted octanol–water partition coefficient (Wildman–Crippen LogP) is 6.72. The molecule has 1 atom stereocenters. The maximum Gasteiger partial charge on any atom is 0.409 e. The molecule has 0 radical (unpaired) electrons. The molecule has 1 aliphatic heterocycles. The molecule has 2 aromatic rings. The Labute approximate surface area is 183 Å². The fourth-order valence-corrected chi connectivity index (χ4v) is 4.36. The fourth-order valence-electron chi connectivity index (χ4n) is 4.36. The first-order valence-electron chi connectivity index (χ1n) is 11.3. The SMILES string of the molecule is CCCCCCCCc1cccc2ccc(C(N3CC(C)(C)C(=O)N3)C(F)(F)F)cc12. The van der Waals surface area contributed by atoms with Gasteiger partial charge in [0.15, 0.2) is 0 Å². The van der Waals surface area contributed by atoms with Crippen molar-refractivity contribution >= 4 is 16.7 Å². The van der Waals surface area contributed by atoms with E-state index in [2.05, 4.69) is 12.3 Å². The monoisotopic (exact) mass is 434 g/mol. The fraction of sp³-hybridized carbons (Fsp3) is 0.560. The molecule has 0 spiro atoms. The molecule has 0 aromatic heterocycles. The highest BCUT2D eigenvalue weighted by atomic mass is 19.4. The van der Waals surface area contributed by atoms with Gasteiger partial charge in [0.2, 0.25) is 5.91 Å². The minimum atomic E-state index is -4.50. The van der Waals surface area contributed by atoms with Gasteiger partial charge in [0.25, 0.3) is 0 Å². The lowest BCUT2D eigenvalue weighted by Crippen LogP contribution is -2.43. The Morgan fingerprint density at radius 3 is 2.42 bits per heavy atom. The minimum absolute atomic E-state index is 0.00739.